The number of amides is 3. The fourth-order valence-electron chi connectivity index (χ4n) is 4.60. The number of anilines is 2. The van der Waals surface area contributed by atoms with E-state index in [4.69, 9.17) is 4.74 Å². The van der Waals surface area contributed by atoms with Crippen molar-refractivity contribution >= 4 is 46.9 Å². The monoisotopic (exact) mass is 627 g/mol. The second-order valence-corrected chi connectivity index (χ2v) is 11.5. The van der Waals surface area contributed by atoms with Crippen molar-refractivity contribution in [1.82, 2.24) is 5.32 Å². The number of nitrogens with one attached hydrogen (secondary N) is 3. The maximum atomic E-state index is 13.6. The lowest BCUT2D eigenvalue weighted by Crippen LogP contribution is -2.30. The second kappa shape index (κ2) is 15.4. The summed E-state index contributed by atoms with van der Waals surface area (Å²) in [5.41, 5.74) is 4.27. The van der Waals surface area contributed by atoms with Crippen molar-refractivity contribution < 1.29 is 19.1 Å². The number of rotatable bonds is 11. The first-order valence-corrected chi connectivity index (χ1v) is 15.5. The van der Waals surface area contributed by atoms with Crippen LogP contribution in [0.15, 0.2) is 144 Å². The Balaban J connectivity index is 1.38. The summed E-state index contributed by atoms with van der Waals surface area (Å²) < 4.78 is 5.24. The summed E-state index contributed by atoms with van der Waals surface area (Å²) in [6.07, 6.45) is 1.61. The average Bonchev–Trinajstić information content (AvgIpc) is 3.09. The summed E-state index contributed by atoms with van der Waals surface area (Å²) in [5.74, 6) is -0.398. The van der Waals surface area contributed by atoms with E-state index in [1.54, 1.807) is 67.8 Å². The van der Waals surface area contributed by atoms with Crippen LogP contribution >= 0.6 is 11.8 Å². The molecule has 0 saturated heterocycles. The molecule has 0 radical (unpaired) electrons. The standard InChI is InChI=1S/C38H33N3O4S/c1-26-12-9-10-19-33(26)40-38(44)35(28-13-5-3-6-14-28)46-32-18-11-17-30(25-32)39-37(43)34(24-27-20-22-31(45-2)23-21-27)41-36(42)29-15-7-4-8-16-29/h3-25,35H,1-2H3,(H,39,43)(H,40,44)(H,41,42)/b34-24+. The molecular formula is C38H33N3O4S. The number of carbonyl (C=O) groups is 3. The highest BCUT2D eigenvalue weighted by Crippen LogP contribution is 2.37. The summed E-state index contributed by atoms with van der Waals surface area (Å²) in [6, 6.07) is 40.3. The van der Waals surface area contributed by atoms with Crippen LogP contribution < -0.4 is 20.7 Å². The van der Waals surface area contributed by atoms with E-state index in [2.05, 4.69) is 16.0 Å². The average molecular weight is 628 g/mol. The second-order valence-electron chi connectivity index (χ2n) is 10.3. The van der Waals surface area contributed by atoms with Gasteiger partial charge in [-0.15, -0.1) is 11.8 Å². The smallest absolute Gasteiger partial charge is 0.272 e. The van der Waals surface area contributed by atoms with Gasteiger partial charge in [-0.3, -0.25) is 14.4 Å². The lowest BCUT2D eigenvalue weighted by molar-refractivity contribution is -0.116. The number of thioether (sulfide) groups is 1. The van der Waals surface area contributed by atoms with Crippen LogP contribution in [0.5, 0.6) is 5.75 Å². The summed E-state index contributed by atoms with van der Waals surface area (Å²) >= 11 is 1.38. The minimum Gasteiger partial charge on any atom is -0.497 e. The number of para-hydroxylation sites is 1. The lowest BCUT2D eigenvalue weighted by atomic mass is 10.1. The maximum Gasteiger partial charge on any atom is 0.272 e. The van der Waals surface area contributed by atoms with Crippen molar-refractivity contribution in [3.05, 3.63) is 161 Å². The molecule has 0 fully saturated rings. The van der Waals surface area contributed by atoms with Crippen LogP contribution in [0.1, 0.15) is 32.3 Å². The van der Waals surface area contributed by atoms with Crippen LogP contribution in [-0.2, 0) is 9.59 Å². The summed E-state index contributed by atoms with van der Waals surface area (Å²) in [4.78, 5) is 41.0. The Morgan fingerprint density at radius 3 is 2.11 bits per heavy atom. The van der Waals surface area contributed by atoms with Crippen molar-refractivity contribution in [2.45, 2.75) is 17.1 Å². The molecule has 3 amide bonds. The highest BCUT2D eigenvalue weighted by Gasteiger charge is 2.23. The Morgan fingerprint density at radius 2 is 1.41 bits per heavy atom. The van der Waals surface area contributed by atoms with E-state index in [0.717, 1.165) is 21.7 Å². The Labute approximate surface area is 272 Å². The van der Waals surface area contributed by atoms with Gasteiger partial charge in [0.05, 0.1) is 7.11 Å². The Morgan fingerprint density at radius 1 is 0.739 bits per heavy atom. The molecule has 1 atom stereocenters. The predicted octanol–water partition coefficient (Wildman–Crippen LogP) is 7.89. The third kappa shape index (κ3) is 8.52. The number of hydrogen-bond acceptors (Lipinski definition) is 5. The van der Waals surface area contributed by atoms with E-state index in [1.807, 2.05) is 85.8 Å². The lowest BCUT2D eigenvalue weighted by Gasteiger charge is -2.18. The van der Waals surface area contributed by atoms with Gasteiger partial charge in [0, 0.05) is 21.8 Å². The van der Waals surface area contributed by atoms with Crippen LogP contribution in [0.2, 0.25) is 0 Å². The van der Waals surface area contributed by atoms with E-state index >= 15 is 0 Å². The minimum absolute atomic E-state index is 0.0665. The molecule has 0 aromatic heterocycles. The van der Waals surface area contributed by atoms with Gasteiger partial charge >= 0.3 is 0 Å². The number of methoxy groups -OCH3 is 1. The first-order chi connectivity index (χ1) is 22.4. The molecule has 5 aromatic carbocycles. The van der Waals surface area contributed by atoms with Crippen molar-refractivity contribution in [2.75, 3.05) is 17.7 Å². The summed E-state index contributed by atoms with van der Waals surface area (Å²) in [5, 5.41) is 8.19. The van der Waals surface area contributed by atoms with E-state index in [1.165, 1.54) is 11.8 Å². The van der Waals surface area contributed by atoms with Gasteiger partial charge < -0.3 is 20.7 Å². The van der Waals surface area contributed by atoms with E-state index in [0.29, 0.717) is 22.6 Å². The quantitative estimate of drug-likeness (QED) is 0.102. The molecule has 3 N–H and O–H groups in total. The number of aryl methyl sites for hydroxylation is 1. The van der Waals surface area contributed by atoms with Crippen molar-refractivity contribution in [1.29, 1.82) is 0 Å². The third-order valence-electron chi connectivity index (χ3n) is 7.04. The molecule has 1 unspecified atom stereocenters. The Hall–Kier alpha value is -5.60. The van der Waals surface area contributed by atoms with Crippen LogP contribution in [0, 0.1) is 6.92 Å². The van der Waals surface area contributed by atoms with Crippen LogP contribution in [0.4, 0.5) is 11.4 Å². The van der Waals surface area contributed by atoms with Gasteiger partial charge in [-0.2, -0.15) is 0 Å². The topological polar surface area (TPSA) is 96.5 Å². The molecule has 0 aliphatic carbocycles. The van der Waals surface area contributed by atoms with E-state index in [9.17, 15) is 14.4 Å². The summed E-state index contributed by atoms with van der Waals surface area (Å²) in [6.45, 7) is 1.95. The number of benzene rings is 5. The Bertz CT molecular complexity index is 1840. The highest BCUT2D eigenvalue weighted by molar-refractivity contribution is 8.00. The van der Waals surface area contributed by atoms with E-state index in [-0.39, 0.29) is 11.6 Å². The van der Waals surface area contributed by atoms with Crippen LogP contribution in [0.25, 0.3) is 6.08 Å². The predicted molar refractivity (Wildman–Crippen MR) is 185 cm³/mol. The molecule has 0 aliphatic rings. The zero-order valence-electron chi connectivity index (χ0n) is 25.4. The highest BCUT2D eigenvalue weighted by atomic mass is 32.2. The number of carbonyl (C=O) groups excluding carboxylic acids is 3. The zero-order valence-corrected chi connectivity index (χ0v) is 26.2. The first-order valence-electron chi connectivity index (χ1n) is 14.6. The van der Waals surface area contributed by atoms with Gasteiger partial charge in [0.1, 0.15) is 16.7 Å². The molecule has 0 aliphatic heterocycles. The van der Waals surface area contributed by atoms with Gasteiger partial charge in [0.2, 0.25) is 5.91 Å². The maximum absolute atomic E-state index is 13.6. The van der Waals surface area contributed by atoms with Crippen molar-refractivity contribution in [3.8, 4) is 5.75 Å². The largest absolute Gasteiger partial charge is 0.497 e. The number of hydrogen-bond donors (Lipinski definition) is 3. The van der Waals surface area contributed by atoms with Gasteiger partial charge in [0.25, 0.3) is 11.8 Å². The fourth-order valence-corrected chi connectivity index (χ4v) is 5.69. The zero-order chi connectivity index (χ0) is 32.3. The molecule has 0 spiro atoms. The van der Waals surface area contributed by atoms with Gasteiger partial charge in [-0.1, -0.05) is 84.9 Å². The molecule has 8 heteroatoms. The summed E-state index contributed by atoms with van der Waals surface area (Å²) in [7, 11) is 1.58. The Kier molecular flexibility index (Phi) is 10.7. The molecule has 46 heavy (non-hydrogen) atoms. The van der Waals surface area contributed by atoms with E-state index < -0.39 is 17.1 Å². The molecule has 5 aromatic rings. The molecule has 5 rings (SSSR count). The third-order valence-corrected chi connectivity index (χ3v) is 8.29. The first kappa shape index (κ1) is 31.8. The van der Waals surface area contributed by atoms with Gasteiger partial charge in [-0.05, 0) is 78.2 Å². The molecular weight excluding hydrogens is 595 g/mol. The van der Waals surface area contributed by atoms with Crippen LogP contribution in [-0.4, -0.2) is 24.8 Å². The minimum atomic E-state index is -0.553. The van der Waals surface area contributed by atoms with Crippen molar-refractivity contribution in [2.24, 2.45) is 0 Å². The fraction of sp³-hybridized carbons (Fsp3) is 0.0789. The van der Waals surface area contributed by atoms with Crippen molar-refractivity contribution in [3.63, 3.8) is 0 Å². The molecule has 0 saturated carbocycles. The SMILES string of the molecule is COc1ccc(/C=C(/NC(=O)c2ccccc2)C(=O)Nc2cccc(SC(C(=O)Nc3ccccc3C)c3ccccc3)c2)cc1. The molecule has 230 valence electrons. The number of ether oxygens (including phenoxy) is 1. The van der Waals surface area contributed by atoms with Gasteiger partial charge in [0.15, 0.2) is 0 Å². The van der Waals surface area contributed by atoms with Gasteiger partial charge in [-0.25, -0.2) is 0 Å². The normalized spacial score (nSPS) is 11.7. The molecule has 0 heterocycles. The molecule has 7 nitrogen and oxygen atoms in total. The van der Waals surface area contributed by atoms with Crippen LogP contribution in [0.3, 0.4) is 0 Å². The molecule has 0 bridgehead atoms.